The van der Waals surface area contributed by atoms with Gasteiger partial charge in [0.15, 0.2) is 0 Å². The van der Waals surface area contributed by atoms with Crippen LogP contribution in [0.3, 0.4) is 0 Å². The Bertz CT molecular complexity index is 856. The summed E-state index contributed by atoms with van der Waals surface area (Å²) < 4.78 is 38.4. The van der Waals surface area contributed by atoms with Crippen molar-refractivity contribution in [1.29, 1.82) is 0 Å². The van der Waals surface area contributed by atoms with Crippen LogP contribution in [0.25, 0.3) is 0 Å². The molecule has 1 fully saturated rings. The maximum absolute atomic E-state index is 12.8. The van der Waals surface area contributed by atoms with Gasteiger partial charge in [-0.2, -0.15) is 13.2 Å². The Labute approximate surface area is 161 Å². The van der Waals surface area contributed by atoms with Gasteiger partial charge in [-0.3, -0.25) is 4.79 Å². The molecular formula is C21H22F3N3O. The Morgan fingerprint density at radius 2 is 1.64 bits per heavy atom. The zero-order chi connectivity index (χ0) is 19.7. The van der Waals surface area contributed by atoms with E-state index in [1.165, 1.54) is 0 Å². The van der Waals surface area contributed by atoms with Crippen molar-refractivity contribution in [3.8, 4) is 0 Å². The average molecular weight is 389 g/mol. The molecular weight excluding hydrogens is 367 g/mol. The Balaban J connectivity index is 1.38. The number of nitrogens with zero attached hydrogens (tertiary/aromatic N) is 1. The van der Waals surface area contributed by atoms with Crippen LogP contribution in [0.5, 0.6) is 0 Å². The minimum absolute atomic E-state index is 0.0445. The summed E-state index contributed by atoms with van der Waals surface area (Å²) in [5, 5.41) is 6.21. The molecule has 2 heterocycles. The fourth-order valence-corrected chi connectivity index (χ4v) is 3.85. The van der Waals surface area contributed by atoms with Crippen LogP contribution in [0.4, 0.5) is 35.9 Å². The molecule has 0 atom stereocenters. The SMILES string of the molecule is O=C1CCc2cc(Nc3ccc(N4CCC(C(F)(F)F)CC4)cc3)ccc2N1. The molecule has 1 amide bonds. The van der Waals surface area contributed by atoms with Crippen molar-refractivity contribution in [2.45, 2.75) is 31.9 Å². The number of benzene rings is 2. The number of aryl methyl sites for hydroxylation is 1. The minimum Gasteiger partial charge on any atom is -0.372 e. The summed E-state index contributed by atoms with van der Waals surface area (Å²) in [5.41, 5.74) is 4.76. The third kappa shape index (κ3) is 4.08. The molecule has 0 unspecified atom stereocenters. The second-order valence-electron chi connectivity index (χ2n) is 7.39. The number of halogens is 3. The summed E-state index contributed by atoms with van der Waals surface area (Å²) in [6.07, 6.45) is -2.57. The van der Waals surface area contributed by atoms with Crippen molar-refractivity contribution >= 4 is 28.7 Å². The second kappa shape index (κ2) is 7.37. The van der Waals surface area contributed by atoms with Crippen molar-refractivity contribution in [2.24, 2.45) is 5.92 Å². The molecule has 28 heavy (non-hydrogen) atoms. The summed E-state index contributed by atoms with van der Waals surface area (Å²) in [4.78, 5) is 13.5. The largest absolute Gasteiger partial charge is 0.391 e. The lowest BCUT2D eigenvalue weighted by Crippen LogP contribution is -2.38. The quantitative estimate of drug-likeness (QED) is 0.768. The van der Waals surface area contributed by atoms with Gasteiger partial charge < -0.3 is 15.5 Å². The van der Waals surface area contributed by atoms with E-state index in [4.69, 9.17) is 0 Å². The van der Waals surface area contributed by atoms with E-state index in [-0.39, 0.29) is 18.7 Å². The Morgan fingerprint density at radius 3 is 2.32 bits per heavy atom. The van der Waals surface area contributed by atoms with Gasteiger partial charge in [-0.1, -0.05) is 0 Å². The van der Waals surface area contributed by atoms with Gasteiger partial charge in [0.2, 0.25) is 5.91 Å². The van der Waals surface area contributed by atoms with Crippen molar-refractivity contribution in [3.63, 3.8) is 0 Å². The van der Waals surface area contributed by atoms with Crippen molar-refractivity contribution in [3.05, 3.63) is 48.0 Å². The smallest absolute Gasteiger partial charge is 0.372 e. The Hall–Kier alpha value is -2.70. The first kappa shape index (κ1) is 18.7. The number of amides is 1. The lowest BCUT2D eigenvalue weighted by Gasteiger charge is -2.34. The van der Waals surface area contributed by atoms with Gasteiger partial charge in [0.1, 0.15) is 0 Å². The fourth-order valence-electron chi connectivity index (χ4n) is 3.85. The average Bonchev–Trinajstić information content (AvgIpc) is 2.68. The number of nitrogens with one attached hydrogen (secondary N) is 2. The van der Waals surface area contributed by atoms with Gasteiger partial charge in [0.05, 0.1) is 5.92 Å². The molecule has 2 aromatic carbocycles. The molecule has 2 aliphatic heterocycles. The maximum Gasteiger partial charge on any atom is 0.391 e. The van der Waals surface area contributed by atoms with Crippen LogP contribution in [-0.4, -0.2) is 25.2 Å². The predicted octanol–water partition coefficient (Wildman–Crippen LogP) is 5.09. The van der Waals surface area contributed by atoms with Crippen molar-refractivity contribution in [2.75, 3.05) is 28.6 Å². The van der Waals surface area contributed by atoms with E-state index in [0.717, 1.165) is 34.7 Å². The molecule has 0 saturated carbocycles. The van der Waals surface area contributed by atoms with E-state index in [0.29, 0.717) is 19.5 Å². The number of carbonyl (C=O) groups is 1. The Kier molecular flexibility index (Phi) is 4.91. The molecule has 1 saturated heterocycles. The first-order chi connectivity index (χ1) is 13.4. The van der Waals surface area contributed by atoms with E-state index >= 15 is 0 Å². The number of hydrogen-bond acceptors (Lipinski definition) is 3. The van der Waals surface area contributed by atoms with E-state index in [1.54, 1.807) is 0 Å². The molecule has 148 valence electrons. The number of rotatable bonds is 3. The van der Waals surface area contributed by atoms with Crippen molar-refractivity contribution in [1.82, 2.24) is 0 Å². The maximum atomic E-state index is 12.8. The number of carbonyl (C=O) groups excluding carboxylic acids is 1. The molecule has 7 heteroatoms. The fraction of sp³-hybridized carbons (Fsp3) is 0.381. The van der Waals surface area contributed by atoms with Gasteiger partial charge in [-0.25, -0.2) is 0 Å². The summed E-state index contributed by atoms with van der Waals surface area (Å²) >= 11 is 0. The molecule has 0 aliphatic carbocycles. The molecule has 0 spiro atoms. The molecule has 2 N–H and O–H groups in total. The lowest BCUT2D eigenvalue weighted by molar-refractivity contribution is -0.179. The number of anilines is 4. The van der Waals surface area contributed by atoms with Gasteiger partial charge in [-0.15, -0.1) is 0 Å². The zero-order valence-corrected chi connectivity index (χ0v) is 15.4. The summed E-state index contributed by atoms with van der Waals surface area (Å²) in [6.45, 7) is 0.848. The number of fused-ring (bicyclic) bond motifs is 1. The molecule has 0 radical (unpaired) electrons. The van der Waals surface area contributed by atoms with Gasteiger partial charge in [0.25, 0.3) is 0 Å². The van der Waals surface area contributed by atoms with Crippen molar-refractivity contribution < 1.29 is 18.0 Å². The second-order valence-corrected chi connectivity index (χ2v) is 7.39. The molecule has 0 aromatic heterocycles. The topological polar surface area (TPSA) is 44.4 Å². The van der Waals surface area contributed by atoms with Crippen LogP contribution in [0, 0.1) is 5.92 Å². The zero-order valence-electron chi connectivity index (χ0n) is 15.4. The number of hydrogen-bond donors (Lipinski definition) is 2. The summed E-state index contributed by atoms with van der Waals surface area (Å²) in [5.74, 6) is -1.14. The van der Waals surface area contributed by atoms with Crippen LogP contribution >= 0.6 is 0 Å². The third-order valence-corrected chi connectivity index (χ3v) is 5.48. The monoisotopic (exact) mass is 389 g/mol. The summed E-state index contributed by atoms with van der Waals surface area (Å²) in [7, 11) is 0. The molecule has 4 rings (SSSR count). The van der Waals surface area contributed by atoms with Gasteiger partial charge >= 0.3 is 6.18 Å². The number of piperidine rings is 1. The van der Waals surface area contributed by atoms with Crippen LogP contribution in [0.2, 0.25) is 0 Å². The first-order valence-corrected chi connectivity index (χ1v) is 9.50. The van der Waals surface area contributed by atoms with E-state index < -0.39 is 12.1 Å². The highest BCUT2D eigenvalue weighted by Crippen LogP contribution is 2.35. The number of alkyl halides is 3. The first-order valence-electron chi connectivity index (χ1n) is 9.50. The highest BCUT2D eigenvalue weighted by molar-refractivity contribution is 5.94. The van der Waals surface area contributed by atoms with Gasteiger partial charge in [-0.05, 0) is 67.3 Å². The summed E-state index contributed by atoms with van der Waals surface area (Å²) in [6, 6.07) is 13.6. The van der Waals surface area contributed by atoms with E-state index in [1.807, 2.05) is 47.4 Å². The van der Waals surface area contributed by atoms with Crippen LogP contribution in [0.1, 0.15) is 24.8 Å². The molecule has 0 bridgehead atoms. The highest BCUT2D eigenvalue weighted by atomic mass is 19.4. The molecule has 4 nitrogen and oxygen atoms in total. The third-order valence-electron chi connectivity index (χ3n) is 5.48. The molecule has 2 aliphatic rings. The van der Waals surface area contributed by atoms with Gasteiger partial charge in [0, 0.05) is 42.3 Å². The lowest BCUT2D eigenvalue weighted by atomic mass is 9.96. The normalized spacial score (nSPS) is 17.8. The minimum atomic E-state index is -4.09. The van der Waals surface area contributed by atoms with Crippen LogP contribution in [0.15, 0.2) is 42.5 Å². The molecule has 2 aromatic rings. The van der Waals surface area contributed by atoms with Crippen LogP contribution < -0.4 is 15.5 Å². The Morgan fingerprint density at radius 1 is 0.964 bits per heavy atom. The van der Waals surface area contributed by atoms with E-state index in [9.17, 15) is 18.0 Å². The highest BCUT2D eigenvalue weighted by Gasteiger charge is 2.41. The predicted molar refractivity (Wildman–Crippen MR) is 104 cm³/mol. The van der Waals surface area contributed by atoms with Crippen LogP contribution in [-0.2, 0) is 11.2 Å². The standard InChI is InChI=1S/C21H22F3N3O/c22-21(23,24)15-9-11-27(12-10-15)18-5-2-16(3-6-18)25-17-4-7-19-14(13-17)1-8-20(28)26-19/h2-7,13,15,25H,1,8-12H2,(H,26,28). The van der Waals surface area contributed by atoms with E-state index in [2.05, 4.69) is 10.6 Å².